The number of nitrogens with zero attached hydrogens (tertiary/aromatic N) is 2. The molecule has 0 atom stereocenters. The van der Waals surface area contributed by atoms with E-state index in [1.807, 2.05) is 0 Å². The van der Waals surface area contributed by atoms with E-state index in [1.165, 1.54) is 12.0 Å². The minimum Gasteiger partial charge on any atom is -0.465 e. The number of thiocarbonyl (C=S) groups is 1. The second-order valence-electron chi connectivity index (χ2n) is 5.27. The van der Waals surface area contributed by atoms with Crippen LogP contribution in [0.2, 0.25) is 0 Å². The maximum atomic E-state index is 12.3. The first-order valence-corrected chi connectivity index (χ1v) is 8.49. The summed E-state index contributed by atoms with van der Waals surface area (Å²) < 4.78 is 4.84. The van der Waals surface area contributed by atoms with Gasteiger partial charge < -0.3 is 20.3 Å². The van der Waals surface area contributed by atoms with Crippen LogP contribution >= 0.6 is 23.6 Å². The molecule has 0 aliphatic heterocycles. The third kappa shape index (κ3) is 4.31. The third-order valence-corrected chi connectivity index (χ3v) is 4.70. The van der Waals surface area contributed by atoms with Crippen LogP contribution in [-0.2, 0) is 4.74 Å². The zero-order valence-electron chi connectivity index (χ0n) is 14.2. The van der Waals surface area contributed by atoms with Crippen LogP contribution in [-0.4, -0.2) is 48.1 Å². The number of hydrogen-bond donors (Lipinski definition) is 2. The molecule has 2 N–H and O–H groups in total. The average Bonchev–Trinajstić information content (AvgIpc) is 2.90. The van der Waals surface area contributed by atoms with Crippen molar-refractivity contribution >= 4 is 51.2 Å². The molecule has 2 aromatic rings. The fourth-order valence-corrected chi connectivity index (χ4v) is 3.56. The van der Waals surface area contributed by atoms with Crippen molar-refractivity contribution in [2.45, 2.75) is 6.92 Å². The molecule has 0 spiro atoms. The van der Waals surface area contributed by atoms with E-state index in [0.717, 1.165) is 17.0 Å². The number of methoxy groups -OCH3 is 1. The van der Waals surface area contributed by atoms with E-state index in [1.54, 1.807) is 45.5 Å². The highest BCUT2D eigenvalue weighted by atomic mass is 32.1. The number of ether oxygens (including phenoxy) is 1. The molecule has 0 bridgehead atoms. The van der Waals surface area contributed by atoms with Gasteiger partial charge in [-0.3, -0.25) is 9.78 Å². The number of esters is 1. The van der Waals surface area contributed by atoms with Gasteiger partial charge in [-0.2, -0.15) is 0 Å². The number of anilines is 2. The molecule has 2 aromatic heterocycles. The Bertz CT molecular complexity index is 803. The Morgan fingerprint density at radius 2 is 1.88 bits per heavy atom. The number of carbonyl (C=O) groups is 2. The Kier molecular flexibility index (Phi) is 6.05. The summed E-state index contributed by atoms with van der Waals surface area (Å²) in [5.41, 5.74) is 1.62. The van der Waals surface area contributed by atoms with Crippen molar-refractivity contribution in [3.8, 4) is 0 Å². The lowest BCUT2D eigenvalue weighted by Gasteiger charge is -2.10. The van der Waals surface area contributed by atoms with E-state index in [4.69, 9.17) is 17.0 Å². The van der Waals surface area contributed by atoms with Crippen LogP contribution < -0.4 is 10.6 Å². The summed E-state index contributed by atoms with van der Waals surface area (Å²) in [5.74, 6) is -0.713. The number of rotatable bonds is 4. The minimum absolute atomic E-state index is 0.186. The Morgan fingerprint density at radius 3 is 2.44 bits per heavy atom. The van der Waals surface area contributed by atoms with Gasteiger partial charge in [0.15, 0.2) is 5.11 Å². The topological polar surface area (TPSA) is 83.6 Å². The van der Waals surface area contributed by atoms with Gasteiger partial charge in [0.05, 0.1) is 17.6 Å². The lowest BCUT2D eigenvalue weighted by Crippen LogP contribution is -2.21. The first-order chi connectivity index (χ1) is 11.8. The smallest absolute Gasteiger partial charge is 0.341 e. The van der Waals surface area contributed by atoms with Crippen molar-refractivity contribution in [3.05, 3.63) is 40.5 Å². The fourth-order valence-electron chi connectivity index (χ4n) is 2.06. The molecule has 0 aromatic carbocycles. The lowest BCUT2D eigenvalue weighted by molar-refractivity contribution is 0.0601. The van der Waals surface area contributed by atoms with E-state index < -0.39 is 5.97 Å². The number of aromatic nitrogens is 1. The second kappa shape index (κ2) is 8.04. The predicted molar refractivity (Wildman–Crippen MR) is 102 cm³/mol. The van der Waals surface area contributed by atoms with Gasteiger partial charge in [0, 0.05) is 32.2 Å². The number of nitrogens with one attached hydrogen (secondary N) is 2. The summed E-state index contributed by atoms with van der Waals surface area (Å²) in [5, 5.41) is 6.72. The van der Waals surface area contributed by atoms with Crippen LogP contribution in [0.5, 0.6) is 0 Å². The summed E-state index contributed by atoms with van der Waals surface area (Å²) in [6.45, 7) is 1.71. The molecule has 0 saturated carbocycles. The summed E-state index contributed by atoms with van der Waals surface area (Å²) in [6, 6.07) is 3.52. The van der Waals surface area contributed by atoms with Crippen molar-refractivity contribution in [3.63, 3.8) is 0 Å². The molecule has 1 amide bonds. The van der Waals surface area contributed by atoms with Gasteiger partial charge in [-0.05, 0) is 36.8 Å². The highest BCUT2D eigenvalue weighted by Gasteiger charge is 2.26. The molecule has 0 aliphatic rings. The van der Waals surface area contributed by atoms with E-state index in [2.05, 4.69) is 15.6 Å². The number of thiophene rings is 1. The Balaban J connectivity index is 2.32. The molecule has 0 aliphatic carbocycles. The summed E-state index contributed by atoms with van der Waals surface area (Å²) >= 11 is 6.45. The molecule has 0 saturated heterocycles. The zero-order valence-corrected chi connectivity index (χ0v) is 15.9. The first-order valence-electron chi connectivity index (χ1n) is 7.26. The quantitative estimate of drug-likeness (QED) is 0.625. The Hall–Kier alpha value is -2.52. The van der Waals surface area contributed by atoms with Gasteiger partial charge in [0.2, 0.25) is 0 Å². The van der Waals surface area contributed by atoms with Gasteiger partial charge >= 0.3 is 5.97 Å². The van der Waals surface area contributed by atoms with Crippen LogP contribution in [0.25, 0.3) is 0 Å². The Labute approximate surface area is 155 Å². The van der Waals surface area contributed by atoms with Crippen LogP contribution in [0.15, 0.2) is 24.5 Å². The molecular weight excluding hydrogens is 360 g/mol. The van der Waals surface area contributed by atoms with Crippen LogP contribution in [0.3, 0.4) is 0 Å². The van der Waals surface area contributed by atoms with E-state index >= 15 is 0 Å². The van der Waals surface area contributed by atoms with Crippen LogP contribution in [0.4, 0.5) is 10.7 Å². The summed E-state index contributed by atoms with van der Waals surface area (Å²) in [7, 11) is 4.61. The van der Waals surface area contributed by atoms with Gasteiger partial charge in [-0.1, -0.05) is 0 Å². The van der Waals surface area contributed by atoms with Gasteiger partial charge in [-0.25, -0.2) is 4.79 Å². The van der Waals surface area contributed by atoms with Crippen LogP contribution in [0, 0.1) is 6.92 Å². The number of hydrogen-bond acceptors (Lipinski definition) is 6. The monoisotopic (exact) mass is 378 g/mol. The molecule has 0 unspecified atom stereocenters. The molecule has 2 heterocycles. The van der Waals surface area contributed by atoms with Crippen LogP contribution in [0.1, 0.15) is 25.6 Å². The average molecular weight is 378 g/mol. The van der Waals surface area contributed by atoms with Crippen molar-refractivity contribution in [2.24, 2.45) is 0 Å². The molecule has 0 radical (unpaired) electrons. The maximum Gasteiger partial charge on any atom is 0.341 e. The largest absolute Gasteiger partial charge is 0.465 e. The zero-order chi connectivity index (χ0) is 18.6. The second-order valence-corrected chi connectivity index (χ2v) is 6.70. The molecular formula is C16H18N4O3S2. The maximum absolute atomic E-state index is 12.3. The summed E-state index contributed by atoms with van der Waals surface area (Å²) in [4.78, 5) is 30.3. The van der Waals surface area contributed by atoms with E-state index in [0.29, 0.717) is 26.1 Å². The van der Waals surface area contributed by atoms with Crippen molar-refractivity contribution in [2.75, 3.05) is 31.8 Å². The highest BCUT2D eigenvalue weighted by Crippen LogP contribution is 2.34. The molecule has 2 rings (SSSR count). The van der Waals surface area contributed by atoms with Gasteiger partial charge in [0.25, 0.3) is 5.91 Å². The predicted octanol–water partition coefficient (Wildman–Crippen LogP) is 2.75. The lowest BCUT2D eigenvalue weighted by atomic mass is 10.1. The number of amides is 1. The highest BCUT2D eigenvalue weighted by molar-refractivity contribution is 7.80. The van der Waals surface area contributed by atoms with E-state index in [9.17, 15) is 9.59 Å². The number of pyridine rings is 1. The molecule has 0 fully saturated rings. The standard InChI is InChI=1S/C16H18N4O3S2/c1-9-11(15(22)23-4)13(25-12(9)14(21)20(2)3)19-16(24)18-10-5-7-17-8-6-10/h5-8H,1-4H3,(H2,17,18,19,24). The SMILES string of the molecule is COC(=O)c1c(NC(=S)Nc2ccncc2)sc(C(=O)N(C)C)c1C. The molecule has 25 heavy (non-hydrogen) atoms. The first kappa shape index (κ1) is 18.8. The molecule has 132 valence electrons. The van der Waals surface area contributed by atoms with Gasteiger partial charge in [0.1, 0.15) is 5.00 Å². The third-order valence-electron chi connectivity index (χ3n) is 3.30. The van der Waals surface area contributed by atoms with Crippen molar-refractivity contribution in [1.82, 2.24) is 9.88 Å². The van der Waals surface area contributed by atoms with Crippen molar-refractivity contribution < 1.29 is 14.3 Å². The van der Waals surface area contributed by atoms with E-state index in [-0.39, 0.29) is 5.91 Å². The fraction of sp³-hybridized carbons (Fsp3) is 0.250. The molecule has 9 heteroatoms. The Morgan fingerprint density at radius 1 is 1.24 bits per heavy atom. The molecule has 7 nitrogen and oxygen atoms in total. The van der Waals surface area contributed by atoms with Gasteiger partial charge in [-0.15, -0.1) is 11.3 Å². The number of carbonyl (C=O) groups excluding carboxylic acids is 2. The van der Waals surface area contributed by atoms with Crippen molar-refractivity contribution in [1.29, 1.82) is 0 Å². The summed E-state index contributed by atoms with van der Waals surface area (Å²) in [6.07, 6.45) is 3.27. The minimum atomic E-state index is -0.527. The normalized spacial score (nSPS) is 10.1.